The first-order chi connectivity index (χ1) is 14.2. The fourth-order valence-corrected chi connectivity index (χ4v) is 4.13. The van der Waals surface area contributed by atoms with E-state index in [1.165, 1.54) is 23.2 Å². The van der Waals surface area contributed by atoms with Crippen molar-refractivity contribution in [2.45, 2.75) is 19.4 Å². The van der Waals surface area contributed by atoms with Gasteiger partial charge in [-0.25, -0.2) is 4.98 Å². The van der Waals surface area contributed by atoms with Crippen molar-refractivity contribution in [3.63, 3.8) is 0 Å². The number of piperidine rings is 1. The van der Waals surface area contributed by atoms with Gasteiger partial charge < -0.3 is 10.2 Å². The van der Waals surface area contributed by atoms with Crippen molar-refractivity contribution < 1.29 is 4.79 Å². The number of aromatic nitrogens is 4. The molecule has 1 amide bonds. The summed E-state index contributed by atoms with van der Waals surface area (Å²) in [5, 5.41) is 13.7. The number of nitrogens with one attached hydrogen (secondary N) is 1. The highest BCUT2D eigenvalue weighted by Gasteiger charge is 2.26. The molecule has 29 heavy (non-hydrogen) atoms. The van der Waals surface area contributed by atoms with Crippen molar-refractivity contribution in [1.82, 2.24) is 25.1 Å². The molecule has 8 nitrogen and oxygen atoms in total. The molecule has 1 aliphatic rings. The molecule has 3 aromatic heterocycles. The Morgan fingerprint density at radius 1 is 1.24 bits per heavy atom. The van der Waals surface area contributed by atoms with E-state index < -0.39 is 0 Å². The fourth-order valence-electron chi connectivity index (χ4n) is 3.44. The Morgan fingerprint density at radius 3 is 2.93 bits per heavy atom. The van der Waals surface area contributed by atoms with Gasteiger partial charge in [0, 0.05) is 38.4 Å². The van der Waals surface area contributed by atoms with Crippen LogP contribution in [0, 0.1) is 5.92 Å². The van der Waals surface area contributed by atoms with Gasteiger partial charge in [0.1, 0.15) is 5.69 Å². The maximum Gasteiger partial charge on any atom is 0.253 e. The molecule has 0 saturated carbocycles. The summed E-state index contributed by atoms with van der Waals surface area (Å²) in [5.41, 5.74) is 0.739. The highest BCUT2D eigenvalue weighted by Crippen LogP contribution is 2.25. The van der Waals surface area contributed by atoms with Crippen molar-refractivity contribution in [1.29, 1.82) is 0 Å². The first-order valence-electron chi connectivity index (χ1n) is 9.61. The Balaban J connectivity index is 1.32. The highest BCUT2D eigenvalue weighted by molar-refractivity contribution is 7.13. The van der Waals surface area contributed by atoms with Gasteiger partial charge in [-0.05, 0) is 36.4 Å². The minimum Gasteiger partial charge on any atom is -0.354 e. The van der Waals surface area contributed by atoms with Crippen molar-refractivity contribution >= 4 is 23.1 Å². The maximum atomic E-state index is 12.6. The number of carbonyl (C=O) groups excluding carboxylic acids is 1. The van der Waals surface area contributed by atoms with E-state index >= 15 is 0 Å². The van der Waals surface area contributed by atoms with E-state index in [-0.39, 0.29) is 17.4 Å². The zero-order chi connectivity index (χ0) is 20.1. The van der Waals surface area contributed by atoms with Gasteiger partial charge in [-0.1, -0.05) is 6.07 Å². The van der Waals surface area contributed by atoms with Crippen molar-refractivity contribution in [2.75, 3.05) is 24.5 Å². The molecule has 1 aliphatic heterocycles. The van der Waals surface area contributed by atoms with E-state index in [1.54, 1.807) is 11.3 Å². The first kappa shape index (κ1) is 19.3. The van der Waals surface area contributed by atoms with Gasteiger partial charge in [0.2, 0.25) is 5.91 Å². The van der Waals surface area contributed by atoms with Crippen LogP contribution in [0.2, 0.25) is 0 Å². The standard InChI is InChI=1S/C20H22N6O2S/c27-19-7-8-21-14-26(19)11-9-22-20(28)15-3-1-10-25(13-15)18-6-5-16(23-24-18)17-4-2-12-29-17/h2,4-8,12,14-15H,1,3,9-11,13H2,(H,22,28). The number of thiophene rings is 1. The second-order valence-corrected chi connectivity index (χ2v) is 7.89. The van der Waals surface area contributed by atoms with Crippen LogP contribution in [-0.2, 0) is 11.3 Å². The Bertz CT molecular complexity index is 1000. The Morgan fingerprint density at radius 2 is 2.17 bits per heavy atom. The molecule has 4 rings (SSSR count). The van der Waals surface area contributed by atoms with Gasteiger partial charge in [-0.15, -0.1) is 21.5 Å². The molecule has 0 bridgehead atoms. The summed E-state index contributed by atoms with van der Waals surface area (Å²) in [7, 11) is 0. The number of rotatable bonds is 6. The zero-order valence-electron chi connectivity index (χ0n) is 15.9. The topological polar surface area (TPSA) is 93.0 Å². The quantitative estimate of drug-likeness (QED) is 0.666. The Kier molecular flexibility index (Phi) is 5.95. The van der Waals surface area contributed by atoms with E-state index in [0.29, 0.717) is 19.6 Å². The van der Waals surface area contributed by atoms with Gasteiger partial charge in [0.25, 0.3) is 5.56 Å². The third-order valence-corrected chi connectivity index (χ3v) is 5.88. The Labute approximate surface area is 172 Å². The van der Waals surface area contributed by atoms with Crippen LogP contribution in [0.1, 0.15) is 12.8 Å². The van der Waals surface area contributed by atoms with Crippen molar-refractivity contribution in [3.05, 3.63) is 58.6 Å². The number of hydrogen-bond acceptors (Lipinski definition) is 7. The van der Waals surface area contributed by atoms with Crippen LogP contribution in [0.3, 0.4) is 0 Å². The summed E-state index contributed by atoms with van der Waals surface area (Å²) >= 11 is 1.63. The first-order valence-corrected chi connectivity index (χ1v) is 10.5. The molecular formula is C20H22N6O2S. The molecule has 4 heterocycles. The summed E-state index contributed by atoms with van der Waals surface area (Å²) in [6.07, 6.45) is 4.71. The lowest BCUT2D eigenvalue weighted by Gasteiger charge is -2.32. The van der Waals surface area contributed by atoms with Crippen LogP contribution in [0.15, 0.2) is 53.0 Å². The number of anilines is 1. The van der Waals surface area contributed by atoms with Crippen LogP contribution < -0.4 is 15.8 Å². The van der Waals surface area contributed by atoms with Crippen LogP contribution in [0.4, 0.5) is 5.82 Å². The summed E-state index contributed by atoms with van der Waals surface area (Å²) in [6, 6.07) is 9.37. The molecule has 1 atom stereocenters. The molecule has 1 unspecified atom stereocenters. The number of nitrogens with zero attached hydrogens (tertiary/aromatic N) is 5. The summed E-state index contributed by atoms with van der Waals surface area (Å²) in [4.78, 5) is 31.4. The normalized spacial score (nSPS) is 16.6. The minimum absolute atomic E-state index is 0.00908. The zero-order valence-corrected chi connectivity index (χ0v) is 16.7. The molecule has 1 saturated heterocycles. The van der Waals surface area contributed by atoms with Crippen LogP contribution in [0.25, 0.3) is 10.6 Å². The van der Waals surface area contributed by atoms with Crippen LogP contribution in [0.5, 0.6) is 0 Å². The van der Waals surface area contributed by atoms with Gasteiger partial charge >= 0.3 is 0 Å². The number of hydrogen-bond donors (Lipinski definition) is 1. The van der Waals surface area contributed by atoms with E-state index in [9.17, 15) is 9.59 Å². The second-order valence-electron chi connectivity index (χ2n) is 6.94. The number of amides is 1. The molecule has 0 radical (unpaired) electrons. The van der Waals surface area contributed by atoms with E-state index in [1.807, 2.05) is 29.6 Å². The third-order valence-electron chi connectivity index (χ3n) is 4.98. The average molecular weight is 411 g/mol. The second kappa shape index (κ2) is 8.95. The van der Waals surface area contributed by atoms with Gasteiger partial charge in [0.15, 0.2) is 5.82 Å². The average Bonchev–Trinajstić information content (AvgIpc) is 3.30. The smallest absolute Gasteiger partial charge is 0.253 e. The molecule has 1 N–H and O–H groups in total. The van der Waals surface area contributed by atoms with Gasteiger partial charge in [-0.3, -0.25) is 14.2 Å². The summed E-state index contributed by atoms with van der Waals surface area (Å²) in [5.74, 6) is 0.702. The molecular weight excluding hydrogens is 388 g/mol. The molecule has 0 spiro atoms. The maximum absolute atomic E-state index is 12.6. The van der Waals surface area contributed by atoms with E-state index in [4.69, 9.17) is 0 Å². The molecule has 0 aliphatic carbocycles. The van der Waals surface area contributed by atoms with Crippen LogP contribution >= 0.6 is 11.3 Å². The lowest BCUT2D eigenvalue weighted by molar-refractivity contribution is -0.125. The van der Waals surface area contributed by atoms with Crippen molar-refractivity contribution in [3.8, 4) is 10.6 Å². The summed E-state index contributed by atoms with van der Waals surface area (Å²) in [6.45, 7) is 2.29. The van der Waals surface area contributed by atoms with E-state index in [2.05, 4.69) is 25.4 Å². The molecule has 150 valence electrons. The van der Waals surface area contributed by atoms with Crippen molar-refractivity contribution in [2.24, 2.45) is 5.92 Å². The van der Waals surface area contributed by atoms with Gasteiger partial charge in [0.05, 0.1) is 17.1 Å². The SMILES string of the molecule is O=C(NCCn1cnccc1=O)C1CCCN(c2ccc(-c3cccs3)nn2)C1. The molecule has 0 aromatic carbocycles. The predicted octanol–water partition coefficient (Wildman–Crippen LogP) is 1.79. The molecule has 1 fully saturated rings. The lowest BCUT2D eigenvalue weighted by Crippen LogP contribution is -2.44. The monoisotopic (exact) mass is 410 g/mol. The summed E-state index contributed by atoms with van der Waals surface area (Å²) < 4.78 is 1.48. The largest absolute Gasteiger partial charge is 0.354 e. The van der Waals surface area contributed by atoms with Gasteiger partial charge in [-0.2, -0.15) is 0 Å². The molecule has 3 aromatic rings. The van der Waals surface area contributed by atoms with Crippen LogP contribution in [-0.4, -0.2) is 45.3 Å². The minimum atomic E-state index is -0.123. The van der Waals surface area contributed by atoms with E-state index in [0.717, 1.165) is 35.8 Å². The number of carbonyl (C=O) groups is 1. The Hall–Kier alpha value is -3.07. The molecule has 9 heteroatoms. The third kappa shape index (κ3) is 4.68. The predicted molar refractivity (Wildman–Crippen MR) is 112 cm³/mol. The lowest BCUT2D eigenvalue weighted by atomic mass is 9.97. The highest BCUT2D eigenvalue weighted by atomic mass is 32.1. The fraction of sp³-hybridized carbons (Fsp3) is 0.350.